The van der Waals surface area contributed by atoms with Crippen molar-refractivity contribution < 1.29 is 14.3 Å². The average molecular weight is 303 g/mol. The van der Waals surface area contributed by atoms with Gasteiger partial charge < -0.3 is 14.4 Å². The summed E-state index contributed by atoms with van der Waals surface area (Å²) in [5.41, 5.74) is 3.14. The number of hydrogen-bond acceptors (Lipinski definition) is 3. The molecule has 22 heavy (non-hydrogen) atoms. The summed E-state index contributed by atoms with van der Waals surface area (Å²) in [5, 5.41) is 0. The Balaban J connectivity index is 2.05. The predicted molar refractivity (Wildman–Crippen MR) is 88.1 cm³/mol. The minimum Gasteiger partial charge on any atom is -0.496 e. The van der Waals surface area contributed by atoms with Crippen molar-refractivity contribution in [2.75, 3.05) is 20.2 Å². The zero-order valence-electron chi connectivity index (χ0n) is 14.1. The summed E-state index contributed by atoms with van der Waals surface area (Å²) in [6.45, 7) is 8.97. The Morgan fingerprint density at radius 3 is 2.50 bits per heavy atom. The maximum atomic E-state index is 12.1. The molecule has 0 saturated heterocycles. The van der Waals surface area contributed by atoms with Crippen molar-refractivity contribution in [3.8, 4) is 5.75 Å². The van der Waals surface area contributed by atoms with Gasteiger partial charge in [-0.05, 0) is 62.9 Å². The molecule has 1 aromatic rings. The van der Waals surface area contributed by atoms with Gasteiger partial charge in [0.2, 0.25) is 0 Å². The highest BCUT2D eigenvalue weighted by atomic mass is 16.6. The highest BCUT2D eigenvalue weighted by Crippen LogP contribution is 2.27. The van der Waals surface area contributed by atoms with E-state index in [1.165, 1.54) is 11.1 Å². The largest absolute Gasteiger partial charge is 0.496 e. The number of methoxy groups -OCH3 is 1. The Hall–Kier alpha value is -1.97. The van der Waals surface area contributed by atoms with Gasteiger partial charge in [-0.1, -0.05) is 12.1 Å². The van der Waals surface area contributed by atoms with Crippen LogP contribution in [0.5, 0.6) is 5.75 Å². The number of carbonyl (C=O) groups excluding carboxylic acids is 1. The molecule has 0 aliphatic carbocycles. The molecule has 0 N–H and O–H groups in total. The summed E-state index contributed by atoms with van der Waals surface area (Å²) in [4.78, 5) is 13.8. The molecule has 0 spiro atoms. The van der Waals surface area contributed by atoms with E-state index in [2.05, 4.69) is 18.2 Å². The second-order valence-electron chi connectivity index (χ2n) is 6.59. The molecule has 1 aliphatic heterocycles. The van der Waals surface area contributed by atoms with Gasteiger partial charge in [0, 0.05) is 13.1 Å². The zero-order valence-corrected chi connectivity index (χ0v) is 14.1. The van der Waals surface area contributed by atoms with Crippen molar-refractivity contribution in [3.63, 3.8) is 0 Å². The highest BCUT2D eigenvalue weighted by molar-refractivity contribution is 5.73. The van der Waals surface area contributed by atoms with Gasteiger partial charge in [-0.3, -0.25) is 0 Å². The van der Waals surface area contributed by atoms with Gasteiger partial charge in [-0.25, -0.2) is 4.79 Å². The van der Waals surface area contributed by atoms with Crippen LogP contribution in [-0.2, 0) is 4.74 Å². The van der Waals surface area contributed by atoms with E-state index in [9.17, 15) is 4.79 Å². The van der Waals surface area contributed by atoms with Crippen LogP contribution >= 0.6 is 0 Å². The normalized spacial score (nSPS) is 15.3. The molecule has 120 valence electrons. The van der Waals surface area contributed by atoms with Crippen LogP contribution in [0.3, 0.4) is 0 Å². The molecule has 0 bridgehead atoms. The fourth-order valence-corrected chi connectivity index (χ4v) is 2.50. The third-order valence-corrected chi connectivity index (χ3v) is 3.63. The first-order valence-electron chi connectivity index (χ1n) is 7.62. The van der Waals surface area contributed by atoms with Crippen LogP contribution in [0.15, 0.2) is 24.3 Å². The number of amides is 1. The molecular formula is C18H25NO3. The number of hydrogen-bond donors (Lipinski definition) is 0. The Morgan fingerprint density at radius 2 is 2.00 bits per heavy atom. The molecule has 0 unspecified atom stereocenters. The van der Waals surface area contributed by atoms with Gasteiger partial charge in [0.25, 0.3) is 0 Å². The quantitative estimate of drug-likeness (QED) is 0.828. The first-order chi connectivity index (χ1) is 10.3. The van der Waals surface area contributed by atoms with Gasteiger partial charge >= 0.3 is 6.09 Å². The second-order valence-corrected chi connectivity index (χ2v) is 6.59. The number of nitrogens with zero attached hydrogens (tertiary/aromatic N) is 1. The summed E-state index contributed by atoms with van der Waals surface area (Å²) in [6, 6.07) is 6.19. The molecule has 0 radical (unpaired) electrons. The van der Waals surface area contributed by atoms with E-state index in [0.717, 1.165) is 17.7 Å². The number of ether oxygens (including phenoxy) is 2. The van der Waals surface area contributed by atoms with E-state index in [1.807, 2.05) is 33.8 Å². The molecule has 0 fully saturated rings. The van der Waals surface area contributed by atoms with Crippen LogP contribution in [0, 0.1) is 6.92 Å². The Labute approximate surface area is 132 Å². The summed E-state index contributed by atoms with van der Waals surface area (Å²) < 4.78 is 10.7. The molecule has 2 rings (SSSR count). The van der Waals surface area contributed by atoms with E-state index in [1.54, 1.807) is 12.0 Å². The first-order valence-corrected chi connectivity index (χ1v) is 7.62. The van der Waals surface area contributed by atoms with Crippen LogP contribution in [0.1, 0.15) is 38.3 Å². The fraction of sp³-hybridized carbons (Fsp3) is 0.500. The summed E-state index contributed by atoms with van der Waals surface area (Å²) in [5.74, 6) is 0.899. The van der Waals surface area contributed by atoms with Gasteiger partial charge in [0.1, 0.15) is 11.4 Å². The molecule has 4 nitrogen and oxygen atoms in total. The monoisotopic (exact) mass is 303 g/mol. The molecule has 0 saturated carbocycles. The van der Waals surface area contributed by atoms with E-state index in [4.69, 9.17) is 9.47 Å². The molecule has 0 atom stereocenters. The number of benzene rings is 1. The number of aryl methyl sites for hydroxylation is 1. The van der Waals surface area contributed by atoms with Crippen molar-refractivity contribution in [3.05, 3.63) is 35.4 Å². The molecule has 0 aromatic heterocycles. The second kappa shape index (κ2) is 6.42. The van der Waals surface area contributed by atoms with Crippen LogP contribution in [-0.4, -0.2) is 36.8 Å². The summed E-state index contributed by atoms with van der Waals surface area (Å²) >= 11 is 0. The van der Waals surface area contributed by atoms with Crippen molar-refractivity contribution in [1.82, 2.24) is 4.90 Å². The third kappa shape index (κ3) is 4.03. The highest BCUT2D eigenvalue weighted by Gasteiger charge is 2.23. The van der Waals surface area contributed by atoms with E-state index < -0.39 is 5.60 Å². The smallest absolute Gasteiger partial charge is 0.410 e. The molecule has 1 heterocycles. The minimum absolute atomic E-state index is 0.242. The third-order valence-electron chi connectivity index (χ3n) is 3.63. The minimum atomic E-state index is -0.450. The molecule has 1 aromatic carbocycles. The van der Waals surface area contributed by atoms with Gasteiger partial charge in [0.05, 0.1) is 7.11 Å². The van der Waals surface area contributed by atoms with Crippen LogP contribution in [0.25, 0.3) is 5.57 Å². The molecule has 1 amide bonds. The number of rotatable bonds is 2. The molecule has 1 aliphatic rings. The fourth-order valence-electron chi connectivity index (χ4n) is 2.50. The number of carbonyl (C=O) groups is 1. The SMILES string of the molecule is COc1ccc(C2=CCN(C(=O)OC(C)(C)C)CC2)cc1C. The summed E-state index contributed by atoms with van der Waals surface area (Å²) in [7, 11) is 1.68. The van der Waals surface area contributed by atoms with E-state index in [-0.39, 0.29) is 6.09 Å². The van der Waals surface area contributed by atoms with Crippen LogP contribution < -0.4 is 4.74 Å². The van der Waals surface area contributed by atoms with Gasteiger partial charge in [-0.15, -0.1) is 0 Å². The zero-order chi connectivity index (χ0) is 16.3. The maximum absolute atomic E-state index is 12.1. The van der Waals surface area contributed by atoms with Crippen molar-refractivity contribution >= 4 is 11.7 Å². The lowest BCUT2D eigenvalue weighted by molar-refractivity contribution is 0.0270. The maximum Gasteiger partial charge on any atom is 0.410 e. The average Bonchev–Trinajstić information content (AvgIpc) is 2.45. The molecular weight excluding hydrogens is 278 g/mol. The van der Waals surface area contributed by atoms with E-state index >= 15 is 0 Å². The Morgan fingerprint density at radius 1 is 1.27 bits per heavy atom. The lowest BCUT2D eigenvalue weighted by atomic mass is 9.98. The lowest BCUT2D eigenvalue weighted by Crippen LogP contribution is -2.39. The lowest BCUT2D eigenvalue weighted by Gasteiger charge is -2.29. The first kappa shape index (κ1) is 16.4. The topological polar surface area (TPSA) is 38.8 Å². The van der Waals surface area contributed by atoms with Crippen LogP contribution in [0.2, 0.25) is 0 Å². The predicted octanol–water partition coefficient (Wildman–Crippen LogP) is 4.03. The standard InChI is InChI=1S/C18H25NO3/c1-13-12-15(6-7-16(13)21-5)14-8-10-19(11-9-14)17(20)22-18(2,3)4/h6-8,12H,9-11H2,1-5H3. The Kier molecular flexibility index (Phi) is 4.79. The van der Waals surface area contributed by atoms with Crippen molar-refractivity contribution in [2.24, 2.45) is 0 Å². The molecule has 4 heteroatoms. The summed E-state index contributed by atoms with van der Waals surface area (Å²) in [6.07, 6.45) is 2.70. The van der Waals surface area contributed by atoms with Gasteiger partial charge in [0.15, 0.2) is 0 Å². The van der Waals surface area contributed by atoms with Crippen molar-refractivity contribution in [1.29, 1.82) is 0 Å². The van der Waals surface area contributed by atoms with Gasteiger partial charge in [-0.2, -0.15) is 0 Å². The van der Waals surface area contributed by atoms with Crippen LogP contribution in [0.4, 0.5) is 4.79 Å². The Bertz CT molecular complexity index is 584. The van der Waals surface area contributed by atoms with Crippen molar-refractivity contribution in [2.45, 2.75) is 39.7 Å². The van der Waals surface area contributed by atoms with E-state index in [0.29, 0.717) is 13.1 Å².